The first-order valence-corrected chi connectivity index (χ1v) is 9.87. The minimum absolute atomic E-state index is 0.0801. The second-order valence-corrected chi connectivity index (χ2v) is 7.81. The van der Waals surface area contributed by atoms with E-state index >= 15 is 0 Å². The number of rotatable bonds is 8. The average molecular weight is 386 g/mol. The highest BCUT2D eigenvalue weighted by Crippen LogP contribution is 2.36. The zero-order chi connectivity index (χ0) is 19.7. The third kappa shape index (κ3) is 4.34. The number of nitrogens with two attached hydrogens (primary N) is 1. The molecule has 3 fully saturated rings. The first-order chi connectivity index (χ1) is 13.5. The molecule has 3 aliphatic rings. The molecule has 0 bridgehead atoms. The van der Waals surface area contributed by atoms with Crippen LogP contribution in [0.3, 0.4) is 0 Å². The molecule has 8 nitrogen and oxygen atoms in total. The fourth-order valence-corrected chi connectivity index (χ4v) is 3.64. The van der Waals surface area contributed by atoms with Crippen LogP contribution < -0.4 is 16.0 Å². The molecule has 3 N–H and O–H groups in total. The van der Waals surface area contributed by atoms with Crippen molar-refractivity contribution in [3.05, 3.63) is 24.3 Å². The maximum absolute atomic E-state index is 12.8. The minimum Gasteiger partial charge on any atom is -0.370 e. The van der Waals surface area contributed by atoms with E-state index in [2.05, 4.69) is 5.32 Å². The third-order valence-corrected chi connectivity index (χ3v) is 5.46. The predicted octanol–water partition coefficient (Wildman–Crippen LogP) is 0.717. The lowest BCUT2D eigenvalue weighted by Crippen LogP contribution is -2.53. The number of anilines is 2. The van der Waals surface area contributed by atoms with E-state index in [1.165, 1.54) is 0 Å². The standard InChI is InChI=1S/C20H26N4O4/c21-19(26)18(24(16-7-8-16)11-13-1-2-13)20(27)22-14-3-5-15(6-4-14)23-9-10-28-12-17(23)25/h3-6,13,16,18H,1-2,7-12H2,(H2,21,26)(H,22,27)/t18-/m1/s1. The average Bonchev–Trinajstić information content (AvgIpc) is 3.56. The summed E-state index contributed by atoms with van der Waals surface area (Å²) in [6.07, 6.45) is 4.31. The molecule has 2 aliphatic carbocycles. The van der Waals surface area contributed by atoms with Crippen LogP contribution in [0.15, 0.2) is 24.3 Å². The molecule has 2 saturated carbocycles. The van der Waals surface area contributed by atoms with Crippen LogP contribution in [-0.2, 0) is 19.1 Å². The molecule has 3 amide bonds. The molecule has 0 aromatic heterocycles. The van der Waals surface area contributed by atoms with Crippen LogP contribution in [-0.4, -0.2) is 61.0 Å². The van der Waals surface area contributed by atoms with Gasteiger partial charge in [-0.05, 0) is 55.9 Å². The Kier molecular flexibility index (Phi) is 5.32. The summed E-state index contributed by atoms with van der Waals surface area (Å²) >= 11 is 0. The zero-order valence-electron chi connectivity index (χ0n) is 15.8. The number of hydrogen-bond donors (Lipinski definition) is 2. The Morgan fingerprint density at radius 2 is 1.93 bits per heavy atom. The molecule has 1 heterocycles. The Bertz CT molecular complexity index is 758. The van der Waals surface area contributed by atoms with Crippen LogP contribution in [0.25, 0.3) is 0 Å². The quantitative estimate of drug-likeness (QED) is 0.641. The van der Waals surface area contributed by atoms with Gasteiger partial charge in [-0.3, -0.25) is 19.3 Å². The normalized spacial score (nSPS) is 20.9. The summed E-state index contributed by atoms with van der Waals surface area (Å²) in [6, 6.07) is 6.35. The molecule has 1 aliphatic heterocycles. The summed E-state index contributed by atoms with van der Waals surface area (Å²) in [4.78, 5) is 40.5. The van der Waals surface area contributed by atoms with Gasteiger partial charge in [-0.25, -0.2) is 0 Å². The first-order valence-electron chi connectivity index (χ1n) is 9.87. The van der Waals surface area contributed by atoms with Crippen LogP contribution in [0.5, 0.6) is 0 Å². The molecule has 28 heavy (non-hydrogen) atoms. The van der Waals surface area contributed by atoms with Crippen molar-refractivity contribution in [3.63, 3.8) is 0 Å². The van der Waals surface area contributed by atoms with Crippen LogP contribution in [0.2, 0.25) is 0 Å². The van der Waals surface area contributed by atoms with Gasteiger partial charge in [0, 0.05) is 30.5 Å². The number of benzene rings is 1. The van der Waals surface area contributed by atoms with Crippen LogP contribution >= 0.6 is 0 Å². The van der Waals surface area contributed by atoms with E-state index in [-0.39, 0.29) is 18.6 Å². The van der Waals surface area contributed by atoms with E-state index in [0.29, 0.717) is 24.8 Å². The van der Waals surface area contributed by atoms with Gasteiger partial charge < -0.3 is 20.7 Å². The molecule has 0 unspecified atom stereocenters. The molecular formula is C20H26N4O4. The minimum atomic E-state index is -0.950. The van der Waals surface area contributed by atoms with Gasteiger partial charge in [-0.15, -0.1) is 0 Å². The molecule has 4 rings (SSSR count). The Balaban J connectivity index is 1.43. The van der Waals surface area contributed by atoms with Gasteiger partial charge in [0.05, 0.1) is 6.61 Å². The number of hydrogen-bond acceptors (Lipinski definition) is 5. The molecule has 0 radical (unpaired) electrons. The van der Waals surface area contributed by atoms with Crippen molar-refractivity contribution < 1.29 is 19.1 Å². The number of carbonyl (C=O) groups excluding carboxylic acids is 3. The number of carbonyl (C=O) groups is 3. The van der Waals surface area contributed by atoms with Crippen molar-refractivity contribution in [2.45, 2.75) is 37.8 Å². The van der Waals surface area contributed by atoms with Crippen LogP contribution in [0.1, 0.15) is 25.7 Å². The highest BCUT2D eigenvalue weighted by molar-refractivity contribution is 6.09. The maximum Gasteiger partial charge on any atom is 0.253 e. The van der Waals surface area contributed by atoms with Crippen molar-refractivity contribution in [2.75, 3.05) is 36.5 Å². The SMILES string of the molecule is NC(=O)[C@H](C(=O)Nc1ccc(N2CCOCC2=O)cc1)N(CC1CC1)C1CC1. The molecule has 8 heteroatoms. The molecule has 0 spiro atoms. The third-order valence-electron chi connectivity index (χ3n) is 5.46. The molecular weight excluding hydrogens is 360 g/mol. The van der Waals surface area contributed by atoms with Crippen molar-refractivity contribution in [1.82, 2.24) is 4.90 Å². The predicted molar refractivity (Wildman–Crippen MR) is 104 cm³/mol. The van der Waals surface area contributed by atoms with Crippen molar-refractivity contribution in [3.8, 4) is 0 Å². The second kappa shape index (κ2) is 7.89. The van der Waals surface area contributed by atoms with E-state index in [1.54, 1.807) is 29.2 Å². The molecule has 1 saturated heterocycles. The molecule has 150 valence electrons. The van der Waals surface area contributed by atoms with Crippen LogP contribution in [0, 0.1) is 5.92 Å². The fraction of sp³-hybridized carbons (Fsp3) is 0.550. The van der Waals surface area contributed by atoms with E-state index in [1.807, 2.05) is 4.90 Å². The summed E-state index contributed by atoms with van der Waals surface area (Å²) in [7, 11) is 0. The topological polar surface area (TPSA) is 105 Å². The monoisotopic (exact) mass is 386 g/mol. The number of amides is 3. The maximum atomic E-state index is 12.8. The number of nitrogens with one attached hydrogen (secondary N) is 1. The van der Waals surface area contributed by atoms with E-state index < -0.39 is 17.9 Å². The zero-order valence-corrected chi connectivity index (χ0v) is 15.8. The largest absolute Gasteiger partial charge is 0.370 e. The van der Waals surface area contributed by atoms with Gasteiger partial charge in [0.1, 0.15) is 6.61 Å². The highest BCUT2D eigenvalue weighted by Gasteiger charge is 2.42. The van der Waals surface area contributed by atoms with Gasteiger partial charge in [0.15, 0.2) is 6.04 Å². The van der Waals surface area contributed by atoms with Gasteiger partial charge >= 0.3 is 0 Å². The highest BCUT2D eigenvalue weighted by atomic mass is 16.5. The van der Waals surface area contributed by atoms with Crippen molar-refractivity contribution in [2.24, 2.45) is 11.7 Å². The number of primary amides is 1. The Hall–Kier alpha value is -2.45. The molecule has 1 atom stereocenters. The van der Waals surface area contributed by atoms with Gasteiger partial charge in [-0.2, -0.15) is 0 Å². The summed E-state index contributed by atoms with van der Waals surface area (Å²) in [5, 5.41) is 2.81. The summed E-state index contributed by atoms with van der Waals surface area (Å²) < 4.78 is 5.14. The summed E-state index contributed by atoms with van der Waals surface area (Å²) in [5.74, 6) is -0.520. The van der Waals surface area contributed by atoms with E-state index in [4.69, 9.17) is 10.5 Å². The van der Waals surface area contributed by atoms with Gasteiger partial charge in [0.25, 0.3) is 11.8 Å². The molecule has 1 aromatic carbocycles. The molecule has 1 aromatic rings. The Labute approximate surface area is 164 Å². The first kappa shape index (κ1) is 18.9. The number of ether oxygens (including phenoxy) is 1. The Morgan fingerprint density at radius 1 is 1.21 bits per heavy atom. The Morgan fingerprint density at radius 3 is 2.50 bits per heavy atom. The summed E-state index contributed by atoms with van der Waals surface area (Å²) in [6.45, 7) is 1.84. The fourth-order valence-electron chi connectivity index (χ4n) is 3.64. The van der Waals surface area contributed by atoms with Crippen molar-refractivity contribution in [1.29, 1.82) is 0 Å². The summed E-state index contributed by atoms with van der Waals surface area (Å²) in [5.41, 5.74) is 6.92. The van der Waals surface area contributed by atoms with Gasteiger partial charge in [0.2, 0.25) is 5.91 Å². The lowest BCUT2D eigenvalue weighted by Gasteiger charge is -2.29. The van der Waals surface area contributed by atoms with E-state index in [9.17, 15) is 14.4 Å². The lowest BCUT2D eigenvalue weighted by molar-refractivity contribution is -0.133. The number of morpholine rings is 1. The second-order valence-electron chi connectivity index (χ2n) is 7.81. The van der Waals surface area contributed by atoms with E-state index in [0.717, 1.165) is 37.9 Å². The van der Waals surface area contributed by atoms with Crippen molar-refractivity contribution >= 4 is 29.1 Å². The number of nitrogens with zero attached hydrogens (tertiary/aromatic N) is 2. The van der Waals surface area contributed by atoms with Gasteiger partial charge in [-0.1, -0.05) is 0 Å². The van der Waals surface area contributed by atoms with Crippen LogP contribution in [0.4, 0.5) is 11.4 Å². The smallest absolute Gasteiger partial charge is 0.253 e. The lowest BCUT2D eigenvalue weighted by atomic mass is 10.1.